The van der Waals surface area contributed by atoms with Crippen LogP contribution in [0.2, 0.25) is 5.02 Å². The smallest absolute Gasteiger partial charge is 0.222 e. The maximum atomic E-state index is 11.7. The number of nitrogens with zero attached hydrogens (tertiary/aromatic N) is 4. The van der Waals surface area contributed by atoms with Crippen molar-refractivity contribution in [1.82, 2.24) is 24.9 Å². The van der Waals surface area contributed by atoms with Crippen molar-refractivity contribution in [3.63, 3.8) is 0 Å². The van der Waals surface area contributed by atoms with E-state index in [1.165, 1.54) is 0 Å². The Kier molecular flexibility index (Phi) is 4.21. The first-order chi connectivity index (χ1) is 9.08. The number of carbonyl (C=O) groups is 1. The molecule has 2 aromatic heterocycles. The van der Waals surface area contributed by atoms with E-state index in [-0.39, 0.29) is 5.91 Å². The normalized spacial score (nSPS) is 10.7. The van der Waals surface area contributed by atoms with Crippen molar-refractivity contribution in [3.8, 4) is 0 Å². The van der Waals surface area contributed by atoms with Gasteiger partial charge in [0.2, 0.25) is 5.91 Å². The summed E-state index contributed by atoms with van der Waals surface area (Å²) in [5.74, 6) is -0.0211. The van der Waals surface area contributed by atoms with Crippen molar-refractivity contribution < 1.29 is 4.79 Å². The van der Waals surface area contributed by atoms with Crippen LogP contribution in [-0.2, 0) is 24.9 Å². The first-order valence-corrected chi connectivity index (χ1v) is 6.37. The topological polar surface area (TPSA) is 64.7 Å². The standard InChI is InChI=1S/C12H16ClN5O/c1-9-11(13)8-16-18(9)6-4-12(19)14-7-10-3-5-15-17(10)2/h3,5,8H,4,6-7H2,1-2H3,(H,14,19). The number of aryl methyl sites for hydroxylation is 2. The molecule has 0 spiro atoms. The summed E-state index contributed by atoms with van der Waals surface area (Å²) in [7, 11) is 1.84. The highest BCUT2D eigenvalue weighted by atomic mass is 35.5. The Balaban J connectivity index is 1.79. The van der Waals surface area contributed by atoms with Crippen LogP contribution in [0.25, 0.3) is 0 Å². The summed E-state index contributed by atoms with van der Waals surface area (Å²) in [6, 6.07) is 1.87. The van der Waals surface area contributed by atoms with Crippen LogP contribution in [0.5, 0.6) is 0 Å². The van der Waals surface area contributed by atoms with E-state index in [1.54, 1.807) is 21.8 Å². The largest absolute Gasteiger partial charge is 0.350 e. The number of hydrogen-bond acceptors (Lipinski definition) is 3. The molecule has 0 unspecified atom stereocenters. The molecule has 2 heterocycles. The van der Waals surface area contributed by atoms with E-state index >= 15 is 0 Å². The van der Waals surface area contributed by atoms with Gasteiger partial charge in [-0.25, -0.2) is 0 Å². The van der Waals surface area contributed by atoms with E-state index in [4.69, 9.17) is 11.6 Å². The number of halogens is 1. The van der Waals surface area contributed by atoms with Gasteiger partial charge in [-0.3, -0.25) is 14.2 Å². The molecule has 19 heavy (non-hydrogen) atoms. The molecule has 0 atom stereocenters. The van der Waals surface area contributed by atoms with Gasteiger partial charge in [-0.05, 0) is 13.0 Å². The highest BCUT2D eigenvalue weighted by Crippen LogP contribution is 2.13. The molecule has 1 N–H and O–H groups in total. The van der Waals surface area contributed by atoms with E-state index in [1.807, 2.05) is 20.0 Å². The third-order valence-electron chi connectivity index (χ3n) is 2.98. The van der Waals surface area contributed by atoms with Crippen LogP contribution in [0.1, 0.15) is 17.8 Å². The Morgan fingerprint density at radius 3 is 2.84 bits per heavy atom. The summed E-state index contributed by atoms with van der Waals surface area (Å²) in [4.78, 5) is 11.7. The van der Waals surface area contributed by atoms with Gasteiger partial charge < -0.3 is 5.32 Å². The minimum absolute atomic E-state index is 0.0211. The van der Waals surface area contributed by atoms with Gasteiger partial charge >= 0.3 is 0 Å². The number of aromatic nitrogens is 4. The van der Waals surface area contributed by atoms with Crippen molar-refractivity contribution >= 4 is 17.5 Å². The summed E-state index contributed by atoms with van der Waals surface area (Å²) < 4.78 is 3.46. The molecule has 7 heteroatoms. The molecule has 0 radical (unpaired) electrons. The second-order valence-corrected chi connectivity index (χ2v) is 4.68. The molecule has 1 amide bonds. The number of rotatable bonds is 5. The maximum Gasteiger partial charge on any atom is 0.222 e. The van der Waals surface area contributed by atoms with Gasteiger partial charge in [-0.2, -0.15) is 10.2 Å². The molecule has 0 bridgehead atoms. The second kappa shape index (κ2) is 5.88. The first kappa shape index (κ1) is 13.6. The monoisotopic (exact) mass is 281 g/mol. The lowest BCUT2D eigenvalue weighted by molar-refractivity contribution is -0.121. The molecular weight excluding hydrogens is 266 g/mol. The zero-order valence-corrected chi connectivity index (χ0v) is 11.7. The predicted molar refractivity (Wildman–Crippen MR) is 71.6 cm³/mol. The SMILES string of the molecule is Cc1c(Cl)cnn1CCC(=O)NCc1ccnn1C. The Morgan fingerprint density at radius 2 is 2.26 bits per heavy atom. The Labute approximate surface area is 116 Å². The fourth-order valence-corrected chi connectivity index (χ4v) is 1.85. The molecular formula is C12H16ClN5O. The van der Waals surface area contributed by atoms with Crippen molar-refractivity contribution in [3.05, 3.63) is 34.9 Å². The molecule has 0 aromatic carbocycles. The molecule has 0 fully saturated rings. The van der Waals surface area contributed by atoms with Crippen molar-refractivity contribution in [2.24, 2.45) is 7.05 Å². The lowest BCUT2D eigenvalue weighted by Crippen LogP contribution is -2.25. The van der Waals surface area contributed by atoms with Crippen LogP contribution in [0, 0.1) is 6.92 Å². The molecule has 6 nitrogen and oxygen atoms in total. The zero-order chi connectivity index (χ0) is 13.8. The van der Waals surface area contributed by atoms with Crippen molar-refractivity contribution in [2.75, 3.05) is 0 Å². The summed E-state index contributed by atoms with van der Waals surface area (Å²) in [6.07, 6.45) is 3.66. The van der Waals surface area contributed by atoms with Gasteiger partial charge in [0.1, 0.15) is 0 Å². The quantitative estimate of drug-likeness (QED) is 0.898. The molecule has 0 aliphatic carbocycles. The van der Waals surface area contributed by atoms with Crippen LogP contribution >= 0.6 is 11.6 Å². The van der Waals surface area contributed by atoms with Gasteiger partial charge in [-0.15, -0.1) is 0 Å². The van der Waals surface area contributed by atoms with Crippen LogP contribution in [0.3, 0.4) is 0 Å². The molecule has 0 aliphatic rings. The molecule has 0 saturated carbocycles. The fraction of sp³-hybridized carbons (Fsp3) is 0.417. The minimum Gasteiger partial charge on any atom is -0.350 e. The van der Waals surface area contributed by atoms with Gasteiger partial charge in [0.05, 0.1) is 35.7 Å². The summed E-state index contributed by atoms with van der Waals surface area (Å²) in [5.41, 5.74) is 1.84. The van der Waals surface area contributed by atoms with Crippen molar-refractivity contribution in [1.29, 1.82) is 0 Å². The summed E-state index contributed by atoms with van der Waals surface area (Å²) in [5, 5.41) is 11.6. The third-order valence-corrected chi connectivity index (χ3v) is 3.35. The Bertz CT molecular complexity index is 574. The van der Waals surface area contributed by atoms with Crippen LogP contribution in [0.15, 0.2) is 18.5 Å². The number of hydrogen-bond donors (Lipinski definition) is 1. The Hall–Kier alpha value is -1.82. The third kappa shape index (κ3) is 3.35. The zero-order valence-electron chi connectivity index (χ0n) is 10.9. The number of carbonyl (C=O) groups excluding carboxylic acids is 1. The van der Waals surface area contributed by atoms with Crippen LogP contribution in [-0.4, -0.2) is 25.5 Å². The van der Waals surface area contributed by atoms with Crippen molar-refractivity contribution in [2.45, 2.75) is 26.4 Å². The lowest BCUT2D eigenvalue weighted by Gasteiger charge is -2.07. The average molecular weight is 282 g/mol. The summed E-state index contributed by atoms with van der Waals surface area (Å²) >= 11 is 5.90. The van der Waals surface area contributed by atoms with E-state index in [9.17, 15) is 4.79 Å². The van der Waals surface area contributed by atoms with E-state index in [0.717, 1.165) is 11.4 Å². The molecule has 0 saturated heterocycles. The predicted octanol–water partition coefficient (Wildman–Crippen LogP) is 1.28. The average Bonchev–Trinajstić information content (AvgIpc) is 2.93. The maximum absolute atomic E-state index is 11.7. The van der Waals surface area contributed by atoms with Gasteiger partial charge in [0, 0.05) is 19.7 Å². The molecule has 2 rings (SSSR count). The molecule has 102 valence electrons. The number of amides is 1. The van der Waals surface area contributed by atoms with E-state index < -0.39 is 0 Å². The Morgan fingerprint density at radius 1 is 1.47 bits per heavy atom. The van der Waals surface area contributed by atoms with E-state index in [0.29, 0.717) is 24.5 Å². The molecule has 0 aliphatic heterocycles. The van der Waals surface area contributed by atoms with Gasteiger partial charge in [0.15, 0.2) is 0 Å². The highest BCUT2D eigenvalue weighted by molar-refractivity contribution is 6.31. The molecule has 2 aromatic rings. The lowest BCUT2D eigenvalue weighted by atomic mass is 10.3. The fourth-order valence-electron chi connectivity index (χ4n) is 1.71. The van der Waals surface area contributed by atoms with E-state index in [2.05, 4.69) is 15.5 Å². The first-order valence-electron chi connectivity index (χ1n) is 5.99. The minimum atomic E-state index is -0.0211. The second-order valence-electron chi connectivity index (χ2n) is 4.27. The van der Waals surface area contributed by atoms with Gasteiger partial charge in [0.25, 0.3) is 0 Å². The van der Waals surface area contributed by atoms with Gasteiger partial charge in [-0.1, -0.05) is 11.6 Å². The number of nitrogens with one attached hydrogen (secondary N) is 1. The van der Waals surface area contributed by atoms with Crippen LogP contribution < -0.4 is 5.32 Å². The summed E-state index contributed by atoms with van der Waals surface area (Å²) in [6.45, 7) is 2.88. The van der Waals surface area contributed by atoms with Crippen LogP contribution in [0.4, 0.5) is 0 Å². The highest BCUT2D eigenvalue weighted by Gasteiger charge is 2.07.